The highest BCUT2D eigenvalue weighted by atomic mass is 16.7. The highest BCUT2D eigenvalue weighted by molar-refractivity contribution is 5.80. The van der Waals surface area contributed by atoms with Gasteiger partial charge in [-0.15, -0.1) is 5.06 Å². The Kier molecular flexibility index (Phi) is 3.94. The van der Waals surface area contributed by atoms with E-state index in [1.54, 1.807) is 0 Å². The number of rotatable bonds is 4. The first kappa shape index (κ1) is 12.6. The molecule has 2 rings (SSSR count). The van der Waals surface area contributed by atoms with Crippen molar-refractivity contribution in [2.75, 3.05) is 6.54 Å². The summed E-state index contributed by atoms with van der Waals surface area (Å²) in [6.07, 6.45) is 1.66. The van der Waals surface area contributed by atoms with Crippen LogP contribution in [0.2, 0.25) is 0 Å². The van der Waals surface area contributed by atoms with Gasteiger partial charge in [0.25, 0.3) is 0 Å². The molecule has 1 aromatic carbocycles. The average molecular weight is 248 g/mol. The van der Waals surface area contributed by atoms with Crippen molar-refractivity contribution < 1.29 is 14.4 Å². The molecule has 1 atom stereocenters. The normalized spacial score (nSPS) is 19.7. The van der Waals surface area contributed by atoms with E-state index in [9.17, 15) is 9.59 Å². The zero-order valence-corrected chi connectivity index (χ0v) is 10.0. The van der Waals surface area contributed by atoms with Gasteiger partial charge in [0.15, 0.2) is 0 Å². The minimum absolute atomic E-state index is 0.197. The van der Waals surface area contributed by atoms with Gasteiger partial charge in [0, 0.05) is 6.54 Å². The predicted molar refractivity (Wildman–Crippen MR) is 65.2 cm³/mol. The van der Waals surface area contributed by atoms with Gasteiger partial charge in [-0.25, -0.2) is 4.79 Å². The van der Waals surface area contributed by atoms with Crippen LogP contribution in [0.5, 0.6) is 0 Å². The molecule has 0 radical (unpaired) electrons. The fourth-order valence-electron chi connectivity index (χ4n) is 2.06. The number of carbonyl (C=O) groups is 2. The number of benzene rings is 1. The second-order valence-electron chi connectivity index (χ2n) is 4.33. The molecule has 0 saturated carbocycles. The number of nitrogens with two attached hydrogens (primary N) is 1. The molecule has 0 unspecified atom stereocenters. The molecule has 1 amide bonds. The van der Waals surface area contributed by atoms with Crippen molar-refractivity contribution in [2.24, 2.45) is 5.73 Å². The van der Waals surface area contributed by atoms with Crippen LogP contribution in [0.25, 0.3) is 0 Å². The number of hydrogen-bond acceptors (Lipinski definition) is 4. The van der Waals surface area contributed by atoms with E-state index in [0.717, 1.165) is 12.0 Å². The van der Waals surface area contributed by atoms with E-state index in [-0.39, 0.29) is 12.4 Å². The molecule has 0 bridgehead atoms. The maximum Gasteiger partial charge on any atom is 0.329 e. The molecule has 1 aromatic rings. The highest BCUT2D eigenvalue weighted by Crippen LogP contribution is 2.17. The number of amides is 1. The van der Waals surface area contributed by atoms with Gasteiger partial charge in [0.2, 0.25) is 5.91 Å². The maximum atomic E-state index is 11.7. The molecule has 2 N–H and O–H groups in total. The Bertz CT molecular complexity index is 433. The lowest BCUT2D eigenvalue weighted by Gasteiger charge is -2.20. The quantitative estimate of drug-likeness (QED) is 0.848. The number of hydroxylamine groups is 2. The van der Waals surface area contributed by atoms with Gasteiger partial charge >= 0.3 is 5.97 Å². The Morgan fingerprint density at radius 2 is 2.06 bits per heavy atom. The van der Waals surface area contributed by atoms with E-state index in [0.29, 0.717) is 13.0 Å². The summed E-state index contributed by atoms with van der Waals surface area (Å²) in [7, 11) is 0. The summed E-state index contributed by atoms with van der Waals surface area (Å²) >= 11 is 0. The van der Waals surface area contributed by atoms with E-state index in [4.69, 9.17) is 10.6 Å². The average Bonchev–Trinajstić information content (AvgIpc) is 2.78. The fraction of sp³-hybridized carbons (Fsp3) is 0.385. The molecule has 0 spiro atoms. The fourth-order valence-corrected chi connectivity index (χ4v) is 2.06. The molecule has 96 valence electrons. The van der Waals surface area contributed by atoms with Crippen molar-refractivity contribution in [2.45, 2.75) is 25.3 Å². The standard InChI is InChI=1S/C13H16N2O3/c14-13(17)11-7-4-8-15(11)18-12(16)9-10-5-2-1-3-6-10/h1-3,5-6,11H,4,7-9H2,(H2,14,17)/t11-/m0/s1. The predicted octanol–water partition coefficient (Wildman–Crippen LogP) is 0.637. The summed E-state index contributed by atoms with van der Waals surface area (Å²) in [5, 5.41) is 1.40. The molecule has 0 aromatic heterocycles. The molecule has 1 saturated heterocycles. The number of hydrogen-bond donors (Lipinski definition) is 1. The Hall–Kier alpha value is -1.88. The van der Waals surface area contributed by atoms with Gasteiger partial charge in [-0.2, -0.15) is 0 Å². The SMILES string of the molecule is NC(=O)[C@@H]1CCCN1OC(=O)Cc1ccccc1. The summed E-state index contributed by atoms with van der Waals surface area (Å²) in [4.78, 5) is 28.0. The first-order valence-electron chi connectivity index (χ1n) is 5.97. The third-order valence-electron chi connectivity index (χ3n) is 2.94. The minimum atomic E-state index is -0.482. The van der Waals surface area contributed by atoms with Crippen molar-refractivity contribution in [1.82, 2.24) is 5.06 Å². The smallest absolute Gasteiger partial charge is 0.329 e. The Balaban J connectivity index is 1.90. The summed E-state index contributed by atoms with van der Waals surface area (Å²) < 4.78 is 0. The van der Waals surface area contributed by atoms with E-state index in [1.807, 2.05) is 30.3 Å². The van der Waals surface area contributed by atoms with Gasteiger partial charge < -0.3 is 10.6 Å². The van der Waals surface area contributed by atoms with Gasteiger partial charge in [-0.05, 0) is 18.4 Å². The lowest BCUT2D eigenvalue weighted by atomic mass is 10.2. The largest absolute Gasteiger partial charge is 0.368 e. The number of carbonyl (C=O) groups excluding carboxylic acids is 2. The Morgan fingerprint density at radius 1 is 1.33 bits per heavy atom. The molecule has 0 aliphatic carbocycles. The van der Waals surface area contributed by atoms with Crippen LogP contribution in [-0.4, -0.2) is 29.5 Å². The zero-order valence-electron chi connectivity index (χ0n) is 10.0. The molecular weight excluding hydrogens is 232 g/mol. The van der Waals surface area contributed by atoms with Crippen LogP contribution < -0.4 is 5.73 Å². The van der Waals surface area contributed by atoms with E-state index >= 15 is 0 Å². The third kappa shape index (κ3) is 3.07. The summed E-state index contributed by atoms with van der Waals surface area (Å²) in [6, 6.07) is 8.85. The molecule has 1 aliphatic rings. The van der Waals surface area contributed by atoms with Gasteiger partial charge in [-0.1, -0.05) is 30.3 Å². The van der Waals surface area contributed by atoms with Crippen molar-refractivity contribution in [3.8, 4) is 0 Å². The van der Waals surface area contributed by atoms with E-state index in [2.05, 4.69) is 0 Å². The molecular formula is C13H16N2O3. The molecule has 5 nitrogen and oxygen atoms in total. The first-order valence-corrected chi connectivity index (χ1v) is 5.97. The molecule has 1 fully saturated rings. The molecule has 18 heavy (non-hydrogen) atoms. The number of primary amides is 1. The summed E-state index contributed by atoms with van der Waals surface area (Å²) in [5.41, 5.74) is 6.13. The molecule has 1 heterocycles. The lowest BCUT2D eigenvalue weighted by molar-refractivity contribution is -0.194. The van der Waals surface area contributed by atoms with Crippen LogP contribution in [-0.2, 0) is 20.8 Å². The topological polar surface area (TPSA) is 72.6 Å². The summed E-state index contributed by atoms with van der Waals surface area (Å²) in [5.74, 6) is -0.811. The van der Waals surface area contributed by atoms with Crippen molar-refractivity contribution >= 4 is 11.9 Å². The van der Waals surface area contributed by atoms with Crippen LogP contribution in [0.1, 0.15) is 18.4 Å². The summed E-state index contributed by atoms with van der Waals surface area (Å²) in [6.45, 7) is 0.564. The highest BCUT2D eigenvalue weighted by Gasteiger charge is 2.32. The van der Waals surface area contributed by atoms with Crippen LogP contribution in [0.3, 0.4) is 0 Å². The lowest BCUT2D eigenvalue weighted by Crippen LogP contribution is -2.41. The minimum Gasteiger partial charge on any atom is -0.368 e. The first-order chi connectivity index (χ1) is 8.66. The van der Waals surface area contributed by atoms with Gasteiger partial charge in [-0.3, -0.25) is 4.79 Å². The van der Waals surface area contributed by atoms with Crippen LogP contribution >= 0.6 is 0 Å². The molecule has 1 aliphatic heterocycles. The maximum absolute atomic E-state index is 11.7. The second-order valence-corrected chi connectivity index (χ2v) is 4.33. The van der Waals surface area contributed by atoms with E-state index in [1.165, 1.54) is 5.06 Å². The van der Waals surface area contributed by atoms with Crippen molar-refractivity contribution in [3.63, 3.8) is 0 Å². The van der Waals surface area contributed by atoms with E-state index < -0.39 is 11.9 Å². The Morgan fingerprint density at radius 3 is 2.72 bits per heavy atom. The Labute approximate surface area is 105 Å². The van der Waals surface area contributed by atoms with Crippen molar-refractivity contribution in [3.05, 3.63) is 35.9 Å². The second kappa shape index (κ2) is 5.64. The monoisotopic (exact) mass is 248 g/mol. The van der Waals surface area contributed by atoms with Crippen LogP contribution in [0.15, 0.2) is 30.3 Å². The van der Waals surface area contributed by atoms with Gasteiger partial charge in [0.1, 0.15) is 6.04 Å². The van der Waals surface area contributed by atoms with Gasteiger partial charge in [0.05, 0.1) is 6.42 Å². The van der Waals surface area contributed by atoms with Crippen LogP contribution in [0, 0.1) is 0 Å². The molecule has 5 heteroatoms. The third-order valence-corrected chi connectivity index (χ3v) is 2.94. The number of nitrogens with zero attached hydrogens (tertiary/aromatic N) is 1. The van der Waals surface area contributed by atoms with Crippen molar-refractivity contribution in [1.29, 1.82) is 0 Å². The van der Waals surface area contributed by atoms with Crippen LogP contribution in [0.4, 0.5) is 0 Å². The zero-order chi connectivity index (χ0) is 13.0.